The summed E-state index contributed by atoms with van der Waals surface area (Å²) < 4.78 is 0. The second kappa shape index (κ2) is 4.54. The second-order valence-corrected chi connectivity index (χ2v) is 5.67. The van der Waals surface area contributed by atoms with Crippen LogP contribution in [0.1, 0.15) is 30.5 Å². The molecule has 15 heavy (non-hydrogen) atoms. The molecule has 2 nitrogen and oxygen atoms in total. The highest BCUT2D eigenvalue weighted by Gasteiger charge is 2.29. The first-order valence-electron chi connectivity index (χ1n) is 5.47. The van der Waals surface area contributed by atoms with Crippen molar-refractivity contribution in [2.45, 2.75) is 37.5 Å². The van der Waals surface area contributed by atoms with Crippen LogP contribution >= 0.6 is 11.8 Å². The van der Waals surface area contributed by atoms with Gasteiger partial charge in [-0.15, -0.1) is 0 Å². The molecule has 2 rings (SSSR count). The summed E-state index contributed by atoms with van der Waals surface area (Å²) in [6.07, 6.45) is 3.05. The van der Waals surface area contributed by atoms with Crippen LogP contribution in [0.25, 0.3) is 0 Å². The number of nitrogens with zero attached hydrogens (tertiary/aromatic N) is 1. The molecule has 1 fully saturated rings. The zero-order valence-electron chi connectivity index (χ0n) is 9.31. The molecule has 1 saturated heterocycles. The average Bonchev–Trinajstić information content (AvgIpc) is 2.99. The molecule has 82 valence electrons. The molecular formula is C12H18N2S. The van der Waals surface area contributed by atoms with Crippen molar-refractivity contribution in [3.05, 3.63) is 29.6 Å². The lowest BCUT2D eigenvalue weighted by molar-refractivity contribution is 0.535. The number of hydrogen-bond acceptors (Lipinski definition) is 3. The first-order valence-corrected chi connectivity index (χ1v) is 6.52. The van der Waals surface area contributed by atoms with E-state index in [1.54, 1.807) is 0 Å². The van der Waals surface area contributed by atoms with Crippen molar-refractivity contribution in [3.8, 4) is 0 Å². The maximum atomic E-state index is 6.08. The number of rotatable bonds is 4. The Morgan fingerprint density at radius 2 is 2.40 bits per heavy atom. The van der Waals surface area contributed by atoms with E-state index in [0.717, 1.165) is 10.9 Å². The van der Waals surface area contributed by atoms with Gasteiger partial charge in [-0.1, -0.05) is 6.07 Å². The van der Waals surface area contributed by atoms with E-state index in [0.29, 0.717) is 5.92 Å². The Labute approximate surface area is 95.7 Å². The van der Waals surface area contributed by atoms with Crippen molar-refractivity contribution in [2.75, 3.05) is 5.75 Å². The average molecular weight is 222 g/mol. The fourth-order valence-electron chi connectivity index (χ4n) is 2.00. The van der Waals surface area contributed by atoms with Gasteiger partial charge in [-0.2, -0.15) is 11.8 Å². The van der Waals surface area contributed by atoms with Gasteiger partial charge >= 0.3 is 0 Å². The summed E-state index contributed by atoms with van der Waals surface area (Å²) in [5.41, 5.74) is 8.54. The molecule has 2 heterocycles. The molecule has 0 saturated carbocycles. The van der Waals surface area contributed by atoms with Crippen molar-refractivity contribution >= 4 is 11.8 Å². The van der Waals surface area contributed by atoms with Gasteiger partial charge in [-0.25, -0.2) is 0 Å². The van der Waals surface area contributed by atoms with Crippen molar-refractivity contribution in [1.82, 2.24) is 4.98 Å². The molecule has 1 aliphatic heterocycles. The first kappa shape index (κ1) is 11.0. The molecule has 1 aliphatic rings. The predicted molar refractivity (Wildman–Crippen MR) is 66.2 cm³/mol. The van der Waals surface area contributed by atoms with Crippen LogP contribution in [0.5, 0.6) is 0 Å². The van der Waals surface area contributed by atoms with Crippen LogP contribution < -0.4 is 5.73 Å². The summed E-state index contributed by atoms with van der Waals surface area (Å²) in [4.78, 5) is 4.35. The highest BCUT2D eigenvalue weighted by Crippen LogP contribution is 2.39. The lowest BCUT2D eigenvalue weighted by Crippen LogP contribution is -2.26. The number of hydrogen-bond donors (Lipinski definition) is 1. The fraction of sp³-hybridized carbons (Fsp3) is 0.583. The minimum Gasteiger partial charge on any atom is -0.327 e. The van der Waals surface area contributed by atoms with Gasteiger partial charge in [0.15, 0.2) is 0 Å². The summed E-state index contributed by atoms with van der Waals surface area (Å²) in [7, 11) is 0. The standard InChI is InChI=1S/C12H18N2S/c1-8(13)12(6-10-7-15-10)11-4-3-5-14-9(11)2/h3-5,8,10,12H,6-7,13H2,1-2H3. The van der Waals surface area contributed by atoms with E-state index < -0.39 is 0 Å². The molecular weight excluding hydrogens is 204 g/mol. The molecule has 0 spiro atoms. The third kappa shape index (κ3) is 2.73. The van der Waals surface area contributed by atoms with Crippen molar-refractivity contribution in [1.29, 1.82) is 0 Å². The molecule has 0 aromatic carbocycles. The second-order valence-electron chi connectivity index (χ2n) is 4.33. The normalized spacial score (nSPS) is 23.5. The van der Waals surface area contributed by atoms with Crippen molar-refractivity contribution in [3.63, 3.8) is 0 Å². The first-order chi connectivity index (χ1) is 7.18. The highest BCUT2D eigenvalue weighted by atomic mass is 32.2. The molecule has 2 N–H and O–H groups in total. The van der Waals surface area contributed by atoms with Crippen LogP contribution in [0, 0.1) is 6.92 Å². The monoisotopic (exact) mass is 222 g/mol. The Hall–Kier alpha value is -0.540. The van der Waals surface area contributed by atoms with Crippen molar-refractivity contribution < 1.29 is 0 Å². The molecule has 3 unspecified atom stereocenters. The number of thioether (sulfide) groups is 1. The minimum absolute atomic E-state index is 0.217. The lowest BCUT2D eigenvalue weighted by Gasteiger charge is -2.22. The zero-order valence-corrected chi connectivity index (χ0v) is 10.1. The van der Waals surface area contributed by atoms with Gasteiger partial charge in [0.25, 0.3) is 0 Å². The third-order valence-corrected chi connectivity index (χ3v) is 4.00. The Morgan fingerprint density at radius 3 is 2.93 bits per heavy atom. The van der Waals surface area contributed by atoms with E-state index in [1.165, 1.54) is 17.7 Å². The summed E-state index contributed by atoms with van der Waals surface area (Å²) in [5, 5.41) is 0.834. The van der Waals surface area contributed by atoms with E-state index in [1.807, 2.05) is 24.0 Å². The summed E-state index contributed by atoms with van der Waals surface area (Å²) in [6.45, 7) is 4.18. The lowest BCUT2D eigenvalue weighted by atomic mass is 9.88. The molecule has 3 heteroatoms. The summed E-state index contributed by atoms with van der Waals surface area (Å²) in [6, 6.07) is 4.40. The zero-order chi connectivity index (χ0) is 10.8. The molecule has 1 aromatic heterocycles. The minimum atomic E-state index is 0.217. The summed E-state index contributed by atoms with van der Waals surface area (Å²) in [5.74, 6) is 1.78. The maximum absolute atomic E-state index is 6.08. The molecule has 3 atom stereocenters. The number of nitrogens with two attached hydrogens (primary N) is 1. The quantitative estimate of drug-likeness (QED) is 0.795. The van der Waals surface area contributed by atoms with Gasteiger partial charge in [0, 0.05) is 34.9 Å². The van der Waals surface area contributed by atoms with Gasteiger partial charge in [0.05, 0.1) is 0 Å². The molecule has 1 aromatic rings. The SMILES string of the molecule is Cc1ncccc1C(CC1CS1)C(C)N. The van der Waals surface area contributed by atoms with Crippen LogP contribution in [0.15, 0.2) is 18.3 Å². The highest BCUT2D eigenvalue weighted by molar-refractivity contribution is 8.06. The van der Waals surface area contributed by atoms with E-state index >= 15 is 0 Å². The van der Waals surface area contributed by atoms with E-state index in [4.69, 9.17) is 5.73 Å². The molecule has 0 amide bonds. The van der Waals surface area contributed by atoms with Crippen LogP contribution in [0.3, 0.4) is 0 Å². The Morgan fingerprint density at radius 1 is 1.67 bits per heavy atom. The number of aryl methyl sites for hydroxylation is 1. The number of aromatic nitrogens is 1. The van der Waals surface area contributed by atoms with E-state index in [9.17, 15) is 0 Å². The maximum Gasteiger partial charge on any atom is 0.0408 e. The van der Waals surface area contributed by atoms with Crippen LogP contribution in [-0.4, -0.2) is 22.0 Å². The predicted octanol–water partition coefficient (Wildman–Crippen LogP) is 2.33. The van der Waals surface area contributed by atoms with Gasteiger partial charge in [-0.3, -0.25) is 4.98 Å². The Bertz CT molecular complexity index is 334. The smallest absolute Gasteiger partial charge is 0.0408 e. The van der Waals surface area contributed by atoms with E-state index in [2.05, 4.69) is 24.9 Å². The molecule has 0 bridgehead atoms. The number of pyridine rings is 1. The topological polar surface area (TPSA) is 38.9 Å². The summed E-state index contributed by atoms with van der Waals surface area (Å²) >= 11 is 2.04. The van der Waals surface area contributed by atoms with Crippen LogP contribution in [0.4, 0.5) is 0 Å². The van der Waals surface area contributed by atoms with Crippen LogP contribution in [-0.2, 0) is 0 Å². The van der Waals surface area contributed by atoms with Crippen molar-refractivity contribution in [2.24, 2.45) is 5.73 Å². The Kier molecular flexibility index (Phi) is 3.32. The van der Waals surface area contributed by atoms with Gasteiger partial charge in [0.1, 0.15) is 0 Å². The van der Waals surface area contributed by atoms with Crippen LogP contribution in [0.2, 0.25) is 0 Å². The van der Waals surface area contributed by atoms with Gasteiger partial charge < -0.3 is 5.73 Å². The molecule has 0 aliphatic carbocycles. The van der Waals surface area contributed by atoms with Gasteiger partial charge in [0.2, 0.25) is 0 Å². The molecule has 0 radical (unpaired) electrons. The van der Waals surface area contributed by atoms with Gasteiger partial charge in [-0.05, 0) is 31.9 Å². The third-order valence-electron chi connectivity index (χ3n) is 3.00. The Balaban J connectivity index is 2.19. The fourth-order valence-corrected chi connectivity index (χ4v) is 2.62. The largest absolute Gasteiger partial charge is 0.327 e. The van der Waals surface area contributed by atoms with E-state index in [-0.39, 0.29) is 6.04 Å².